The SMILES string of the molecule is CN(C)CCCN=C(N)C(Cl)(Cl)Cl.[Cl-].[Cl-]. The Morgan fingerprint density at radius 2 is 1.73 bits per heavy atom. The molecule has 0 aliphatic carbocycles. The van der Waals surface area contributed by atoms with Crippen molar-refractivity contribution in [2.24, 2.45) is 10.7 Å². The molecule has 0 saturated heterocycles. The number of amidine groups is 1. The van der Waals surface area contributed by atoms with Crippen molar-refractivity contribution in [2.45, 2.75) is 10.2 Å². The minimum Gasteiger partial charge on any atom is -1.00 e. The zero-order chi connectivity index (χ0) is 10.5. The van der Waals surface area contributed by atoms with E-state index in [1.807, 2.05) is 14.1 Å². The van der Waals surface area contributed by atoms with Gasteiger partial charge in [-0.25, -0.2) is 0 Å². The first kappa shape index (κ1) is 21.2. The Kier molecular flexibility index (Phi) is 14.2. The molecule has 3 nitrogen and oxygen atoms in total. The quantitative estimate of drug-likeness (QED) is 0.247. The lowest BCUT2D eigenvalue weighted by atomic mass is 10.4. The van der Waals surface area contributed by atoms with Gasteiger partial charge in [-0.3, -0.25) is 4.99 Å². The molecule has 0 aromatic carbocycles. The third-order valence-electron chi connectivity index (χ3n) is 1.34. The maximum atomic E-state index is 5.49. The molecule has 0 fully saturated rings. The average molecular weight is 317 g/mol. The Balaban J connectivity index is -0.000000720. The van der Waals surface area contributed by atoms with E-state index in [0.29, 0.717) is 6.54 Å². The molecule has 0 bridgehead atoms. The molecule has 0 amide bonds. The Morgan fingerprint density at radius 3 is 2.07 bits per heavy atom. The largest absolute Gasteiger partial charge is 1.00 e. The van der Waals surface area contributed by atoms with Gasteiger partial charge in [0, 0.05) is 6.54 Å². The average Bonchev–Trinajstić information content (AvgIpc) is 1.95. The zero-order valence-electron chi connectivity index (χ0n) is 8.48. The predicted molar refractivity (Wildman–Crippen MR) is 60.0 cm³/mol. The minimum absolute atomic E-state index is 0. The van der Waals surface area contributed by atoms with Gasteiger partial charge < -0.3 is 35.4 Å². The van der Waals surface area contributed by atoms with Crippen LogP contribution in [-0.4, -0.2) is 41.7 Å². The van der Waals surface area contributed by atoms with Crippen LogP contribution in [0.5, 0.6) is 0 Å². The summed E-state index contributed by atoms with van der Waals surface area (Å²) in [5.41, 5.74) is 5.41. The number of halogens is 5. The van der Waals surface area contributed by atoms with Crippen LogP contribution in [0.25, 0.3) is 0 Å². The van der Waals surface area contributed by atoms with Crippen LogP contribution in [0.2, 0.25) is 0 Å². The summed E-state index contributed by atoms with van der Waals surface area (Å²) < 4.78 is -1.57. The topological polar surface area (TPSA) is 41.6 Å². The maximum Gasteiger partial charge on any atom is 0.247 e. The van der Waals surface area contributed by atoms with Gasteiger partial charge in [0.05, 0.1) is 0 Å². The van der Waals surface area contributed by atoms with Gasteiger partial charge >= 0.3 is 0 Å². The lowest BCUT2D eigenvalue weighted by Gasteiger charge is -2.10. The number of nitrogens with two attached hydrogens (primary N) is 1. The van der Waals surface area contributed by atoms with Crippen molar-refractivity contribution < 1.29 is 24.8 Å². The van der Waals surface area contributed by atoms with Crippen LogP contribution in [0.4, 0.5) is 0 Å². The number of nitrogens with zero attached hydrogens (tertiary/aromatic N) is 2. The second-order valence-corrected chi connectivity index (χ2v) is 5.20. The van der Waals surface area contributed by atoms with Crippen molar-refractivity contribution in [3.8, 4) is 0 Å². The Labute approximate surface area is 118 Å². The molecule has 0 heterocycles. The second kappa shape index (κ2) is 10.1. The molecule has 2 N–H and O–H groups in total. The Bertz CT molecular complexity index is 178. The molecule has 0 atom stereocenters. The third-order valence-corrected chi connectivity index (χ3v) is 1.92. The normalized spacial score (nSPS) is 12.0. The summed E-state index contributed by atoms with van der Waals surface area (Å²) in [5, 5.41) is 0. The smallest absolute Gasteiger partial charge is 0.247 e. The Hall–Kier alpha value is 0.880. The highest BCUT2D eigenvalue weighted by Gasteiger charge is 2.24. The molecule has 0 aromatic heterocycles. The first-order valence-corrected chi connectivity index (χ1v) is 4.99. The van der Waals surface area contributed by atoms with Crippen molar-refractivity contribution >= 4 is 40.6 Å². The molecule has 0 unspecified atom stereocenters. The summed E-state index contributed by atoms with van der Waals surface area (Å²) in [5.74, 6) is 0.0521. The van der Waals surface area contributed by atoms with E-state index in [1.165, 1.54) is 0 Å². The summed E-state index contributed by atoms with van der Waals surface area (Å²) in [6.07, 6.45) is 0.897. The van der Waals surface area contributed by atoms with E-state index in [0.717, 1.165) is 13.0 Å². The molecule has 0 aromatic rings. The molecule has 94 valence electrons. The van der Waals surface area contributed by atoms with Gasteiger partial charge in [-0.15, -0.1) is 0 Å². The van der Waals surface area contributed by atoms with E-state index in [-0.39, 0.29) is 30.6 Å². The molecule has 0 spiro atoms. The van der Waals surface area contributed by atoms with E-state index in [1.54, 1.807) is 0 Å². The van der Waals surface area contributed by atoms with E-state index >= 15 is 0 Å². The fourth-order valence-corrected chi connectivity index (χ4v) is 0.855. The van der Waals surface area contributed by atoms with Crippen LogP contribution in [0.15, 0.2) is 4.99 Å². The van der Waals surface area contributed by atoms with Crippen LogP contribution < -0.4 is 30.5 Å². The molecule has 0 aliphatic rings. The monoisotopic (exact) mass is 315 g/mol. The summed E-state index contributed by atoms with van der Waals surface area (Å²) in [6, 6.07) is 0. The number of alkyl halides is 3. The molecule has 0 aliphatic heterocycles. The van der Waals surface area contributed by atoms with Gasteiger partial charge in [-0.1, -0.05) is 34.8 Å². The van der Waals surface area contributed by atoms with Gasteiger partial charge in [0.2, 0.25) is 3.79 Å². The van der Waals surface area contributed by atoms with Crippen molar-refractivity contribution in [2.75, 3.05) is 27.2 Å². The third kappa shape index (κ3) is 12.8. The fraction of sp³-hybridized carbons (Fsp3) is 0.857. The highest BCUT2D eigenvalue weighted by atomic mass is 35.6. The van der Waals surface area contributed by atoms with Crippen LogP contribution in [0, 0.1) is 0 Å². The van der Waals surface area contributed by atoms with E-state index in [4.69, 9.17) is 40.5 Å². The lowest BCUT2D eigenvalue weighted by molar-refractivity contribution is -0.00100. The van der Waals surface area contributed by atoms with Gasteiger partial charge in [0.15, 0.2) is 0 Å². The molecule has 0 saturated carbocycles. The molecule has 0 rings (SSSR count). The van der Waals surface area contributed by atoms with Gasteiger partial charge in [-0.2, -0.15) is 0 Å². The predicted octanol–water partition coefficient (Wildman–Crippen LogP) is -4.33. The fourth-order valence-electron chi connectivity index (χ4n) is 0.676. The molecule has 8 heteroatoms. The molecule has 15 heavy (non-hydrogen) atoms. The van der Waals surface area contributed by atoms with Crippen LogP contribution in [-0.2, 0) is 0 Å². The van der Waals surface area contributed by atoms with Crippen molar-refractivity contribution in [3.05, 3.63) is 0 Å². The number of hydrogen-bond acceptors (Lipinski definition) is 2. The summed E-state index contributed by atoms with van der Waals surface area (Å²) in [7, 11) is 3.98. The van der Waals surface area contributed by atoms with Crippen molar-refractivity contribution in [1.29, 1.82) is 0 Å². The highest BCUT2D eigenvalue weighted by Crippen LogP contribution is 2.25. The summed E-state index contributed by atoms with van der Waals surface area (Å²) >= 11 is 16.5. The van der Waals surface area contributed by atoms with Gasteiger partial charge in [0.25, 0.3) is 0 Å². The lowest BCUT2D eigenvalue weighted by Crippen LogP contribution is -3.00. The molecular weight excluding hydrogens is 303 g/mol. The van der Waals surface area contributed by atoms with Crippen molar-refractivity contribution in [1.82, 2.24) is 4.90 Å². The zero-order valence-corrected chi connectivity index (χ0v) is 12.3. The van der Waals surface area contributed by atoms with E-state index < -0.39 is 3.79 Å². The highest BCUT2D eigenvalue weighted by molar-refractivity contribution is 6.76. The molecular formula is C7H14Cl5N3-2. The van der Waals surface area contributed by atoms with Gasteiger partial charge in [0.1, 0.15) is 5.84 Å². The van der Waals surface area contributed by atoms with Crippen LogP contribution in [0.3, 0.4) is 0 Å². The number of rotatable bonds is 4. The summed E-state index contributed by atoms with van der Waals surface area (Å²) in [4.78, 5) is 6.00. The van der Waals surface area contributed by atoms with Crippen molar-refractivity contribution in [3.63, 3.8) is 0 Å². The Morgan fingerprint density at radius 1 is 1.27 bits per heavy atom. The first-order chi connectivity index (χ1) is 5.84. The first-order valence-electron chi connectivity index (χ1n) is 3.86. The second-order valence-electron chi connectivity index (χ2n) is 2.92. The summed E-state index contributed by atoms with van der Waals surface area (Å²) in [6.45, 7) is 1.52. The van der Waals surface area contributed by atoms with E-state index in [2.05, 4.69) is 9.89 Å². The number of hydrogen-bond donors (Lipinski definition) is 1. The van der Waals surface area contributed by atoms with Gasteiger partial charge in [-0.05, 0) is 27.1 Å². The standard InChI is InChI=1S/C7H14Cl3N3.2ClH/c1-13(2)5-3-4-12-6(11)7(8,9)10;;/h3-5H2,1-2H3,(H2,11,12);2*1H/p-2. The minimum atomic E-state index is -1.57. The molecule has 0 radical (unpaired) electrons. The van der Waals surface area contributed by atoms with Crippen LogP contribution >= 0.6 is 34.8 Å². The van der Waals surface area contributed by atoms with E-state index in [9.17, 15) is 0 Å². The van der Waals surface area contributed by atoms with Crippen LogP contribution in [0.1, 0.15) is 6.42 Å². The number of aliphatic imine (C=N–C) groups is 1. The maximum absolute atomic E-state index is 5.49.